The molecule has 2 N–H and O–H groups in total. The molecule has 1 aliphatic heterocycles. The first-order chi connectivity index (χ1) is 13.5. The molecule has 3 rings (SSSR count). The summed E-state index contributed by atoms with van der Waals surface area (Å²) in [6.07, 6.45) is 3.50. The van der Waals surface area contributed by atoms with Crippen molar-refractivity contribution in [3.05, 3.63) is 38.0 Å². The number of aliphatic imine (C=N–C) groups is 1. The molecule has 1 aliphatic rings. The summed E-state index contributed by atoms with van der Waals surface area (Å²) in [7, 11) is 1.86. The predicted molar refractivity (Wildman–Crippen MR) is 137 cm³/mol. The molecule has 1 unspecified atom stereocenters. The molecule has 0 amide bonds. The number of likely N-dealkylation sites (tertiary alicyclic amines) is 1. The maximum Gasteiger partial charge on any atom is 0.191 e. The molecule has 1 atom stereocenters. The summed E-state index contributed by atoms with van der Waals surface area (Å²) in [6.45, 7) is 10.8. The molecule has 1 saturated heterocycles. The molecule has 0 aromatic carbocycles. The highest BCUT2D eigenvalue weighted by Crippen LogP contribution is 2.19. The Morgan fingerprint density at radius 1 is 1.31 bits per heavy atom. The SMILES string of the molecule is CN=C(NCC1CCN(Cc2csc(C)n2)CC1)NC(C)Cc1ccc(C)s1.I. The topological polar surface area (TPSA) is 52.6 Å². The summed E-state index contributed by atoms with van der Waals surface area (Å²) in [4.78, 5) is 14.3. The number of nitrogens with one attached hydrogen (secondary N) is 2. The first-order valence-electron chi connectivity index (χ1n) is 10.2. The van der Waals surface area contributed by atoms with E-state index in [-0.39, 0.29) is 24.0 Å². The van der Waals surface area contributed by atoms with Crippen LogP contribution in [0.25, 0.3) is 0 Å². The van der Waals surface area contributed by atoms with E-state index in [9.17, 15) is 0 Å². The molecule has 0 bridgehead atoms. The lowest BCUT2D eigenvalue weighted by Gasteiger charge is -2.32. The highest BCUT2D eigenvalue weighted by molar-refractivity contribution is 14.0. The van der Waals surface area contributed by atoms with E-state index in [2.05, 4.69) is 63.8 Å². The number of aryl methyl sites for hydroxylation is 2. The Hall–Kier alpha value is -0.710. The summed E-state index contributed by atoms with van der Waals surface area (Å²) in [5, 5.41) is 10.4. The first kappa shape index (κ1) is 24.6. The van der Waals surface area contributed by atoms with E-state index < -0.39 is 0 Å². The Morgan fingerprint density at radius 2 is 2.07 bits per heavy atom. The number of aromatic nitrogens is 1. The molecule has 162 valence electrons. The minimum atomic E-state index is 0. The standard InChI is InChI=1S/C21H33N5S2.HI/c1-15(11-20-6-5-16(2)28-20)24-21(22-4)23-12-18-7-9-26(10-8-18)13-19-14-27-17(3)25-19;/h5-6,14-15,18H,7-13H2,1-4H3,(H2,22,23,24);1H. The third-order valence-electron chi connectivity index (χ3n) is 5.23. The second-order valence-electron chi connectivity index (χ2n) is 7.79. The number of halogens is 1. The molecule has 2 aromatic rings. The number of thiazole rings is 1. The highest BCUT2D eigenvalue weighted by Gasteiger charge is 2.20. The van der Waals surface area contributed by atoms with Crippen molar-refractivity contribution in [2.75, 3.05) is 26.7 Å². The fraction of sp³-hybridized carbons (Fsp3) is 0.619. The van der Waals surface area contributed by atoms with Crippen LogP contribution in [0.5, 0.6) is 0 Å². The van der Waals surface area contributed by atoms with Gasteiger partial charge in [-0.3, -0.25) is 9.89 Å². The van der Waals surface area contributed by atoms with Crippen molar-refractivity contribution in [3.63, 3.8) is 0 Å². The molecule has 1 fully saturated rings. The Morgan fingerprint density at radius 3 is 2.66 bits per heavy atom. The van der Waals surface area contributed by atoms with Gasteiger partial charge in [-0.25, -0.2) is 4.98 Å². The lowest BCUT2D eigenvalue weighted by atomic mass is 9.97. The largest absolute Gasteiger partial charge is 0.356 e. The van der Waals surface area contributed by atoms with E-state index in [1.54, 1.807) is 11.3 Å². The van der Waals surface area contributed by atoms with Gasteiger partial charge in [-0.15, -0.1) is 46.7 Å². The molecule has 0 saturated carbocycles. The molecule has 29 heavy (non-hydrogen) atoms. The van der Waals surface area contributed by atoms with Gasteiger partial charge in [0.25, 0.3) is 0 Å². The normalized spacial score (nSPS) is 17.0. The summed E-state index contributed by atoms with van der Waals surface area (Å²) in [5.41, 5.74) is 1.22. The maximum absolute atomic E-state index is 4.59. The molecule has 0 radical (unpaired) electrons. The monoisotopic (exact) mass is 547 g/mol. The minimum Gasteiger partial charge on any atom is -0.356 e. The smallest absolute Gasteiger partial charge is 0.191 e. The molecular formula is C21H34IN5S2. The Bertz CT molecular complexity index is 765. The van der Waals surface area contributed by atoms with Crippen LogP contribution < -0.4 is 10.6 Å². The number of piperidine rings is 1. The van der Waals surface area contributed by atoms with E-state index >= 15 is 0 Å². The second kappa shape index (κ2) is 12.2. The van der Waals surface area contributed by atoms with Gasteiger partial charge < -0.3 is 10.6 Å². The van der Waals surface area contributed by atoms with Crippen LogP contribution >= 0.6 is 46.7 Å². The fourth-order valence-electron chi connectivity index (χ4n) is 3.68. The maximum atomic E-state index is 4.59. The van der Waals surface area contributed by atoms with Crippen LogP contribution in [0.3, 0.4) is 0 Å². The Balaban J connectivity index is 0.00000300. The van der Waals surface area contributed by atoms with Gasteiger partial charge in [0, 0.05) is 47.7 Å². The van der Waals surface area contributed by atoms with E-state index in [4.69, 9.17) is 0 Å². The number of thiophene rings is 1. The first-order valence-corrected chi connectivity index (χ1v) is 11.9. The van der Waals surface area contributed by atoms with Crippen molar-refractivity contribution in [3.8, 4) is 0 Å². The van der Waals surface area contributed by atoms with Crippen LogP contribution in [0.4, 0.5) is 0 Å². The van der Waals surface area contributed by atoms with Crippen LogP contribution in [0, 0.1) is 19.8 Å². The predicted octanol–water partition coefficient (Wildman–Crippen LogP) is 4.45. The zero-order valence-electron chi connectivity index (χ0n) is 17.9. The van der Waals surface area contributed by atoms with E-state index in [1.807, 2.05) is 18.4 Å². The van der Waals surface area contributed by atoms with Gasteiger partial charge in [-0.2, -0.15) is 0 Å². The van der Waals surface area contributed by atoms with Crippen molar-refractivity contribution in [2.45, 2.75) is 52.6 Å². The zero-order chi connectivity index (χ0) is 19.9. The minimum absolute atomic E-state index is 0. The van der Waals surface area contributed by atoms with Crippen LogP contribution in [0.1, 0.15) is 40.2 Å². The lowest BCUT2D eigenvalue weighted by molar-refractivity contribution is 0.176. The van der Waals surface area contributed by atoms with E-state index in [0.29, 0.717) is 12.0 Å². The quantitative estimate of drug-likeness (QED) is 0.306. The number of hydrogen-bond acceptors (Lipinski definition) is 5. The van der Waals surface area contributed by atoms with Crippen molar-refractivity contribution in [2.24, 2.45) is 10.9 Å². The van der Waals surface area contributed by atoms with Gasteiger partial charge in [0.1, 0.15) is 0 Å². The second-order valence-corrected chi connectivity index (χ2v) is 10.2. The fourth-order valence-corrected chi connectivity index (χ4v) is 5.30. The molecular weight excluding hydrogens is 513 g/mol. The summed E-state index contributed by atoms with van der Waals surface area (Å²) < 4.78 is 0. The molecule has 5 nitrogen and oxygen atoms in total. The third-order valence-corrected chi connectivity index (χ3v) is 7.07. The van der Waals surface area contributed by atoms with E-state index in [1.165, 1.54) is 28.3 Å². The van der Waals surface area contributed by atoms with Gasteiger partial charge in [0.05, 0.1) is 10.7 Å². The van der Waals surface area contributed by atoms with Crippen molar-refractivity contribution in [1.29, 1.82) is 0 Å². The van der Waals surface area contributed by atoms with Crippen LogP contribution in [0.2, 0.25) is 0 Å². The molecule has 2 aromatic heterocycles. The number of rotatable bonds is 7. The third kappa shape index (κ3) is 8.15. The number of hydrogen-bond donors (Lipinski definition) is 2. The van der Waals surface area contributed by atoms with Crippen LogP contribution in [-0.2, 0) is 13.0 Å². The Kier molecular flexibility index (Phi) is 10.3. The van der Waals surface area contributed by atoms with Gasteiger partial charge in [0.15, 0.2) is 5.96 Å². The van der Waals surface area contributed by atoms with E-state index in [0.717, 1.165) is 43.6 Å². The summed E-state index contributed by atoms with van der Waals surface area (Å²) >= 11 is 3.63. The van der Waals surface area contributed by atoms with Crippen molar-refractivity contribution in [1.82, 2.24) is 20.5 Å². The van der Waals surface area contributed by atoms with Crippen LogP contribution in [0.15, 0.2) is 22.5 Å². The van der Waals surface area contributed by atoms with Gasteiger partial charge in [0.2, 0.25) is 0 Å². The lowest BCUT2D eigenvalue weighted by Crippen LogP contribution is -2.46. The zero-order valence-corrected chi connectivity index (χ0v) is 21.9. The molecule has 0 spiro atoms. The van der Waals surface area contributed by atoms with Crippen molar-refractivity contribution >= 4 is 52.6 Å². The Labute approximate surface area is 200 Å². The summed E-state index contributed by atoms with van der Waals surface area (Å²) in [5.74, 6) is 1.63. The molecule has 3 heterocycles. The number of nitrogens with zero attached hydrogens (tertiary/aromatic N) is 3. The van der Waals surface area contributed by atoms with Crippen LogP contribution in [-0.4, -0.2) is 48.6 Å². The summed E-state index contributed by atoms with van der Waals surface area (Å²) in [6, 6.07) is 4.80. The highest BCUT2D eigenvalue weighted by atomic mass is 127. The van der Waals surface area contributed by atoms with Gasteiger partial charge in [-0.1, -0.05) is 0 Å². The average Bonchev–Trinajstić information content (AvgIpc) is 3.27. The number of guanidine groups is 1. The molecule has 0 aliphatic carbocycles. The van der Waals surface area contributed by atoms with Gasteiger partial charge in [-0.05, 0) is 64.8 Å². The average molecular weight is 548 g/mol. The van der Waals surface area contributed by atoms with Crippen molar-refractivity contribution < 1.29 is 0 Å². The molecule has 8 heteroatoms. The van der Waals surface area contributed by atoms with Gasteiger partial charge >= 0.3 is 0 Å².